The first-order valence-corrected chi connectivity index (χ1v) is 6.29. The van der Waals surface area contributed by atoms with Crippen LogP contribution in [-0.4, -0.2) is 39.4 Å². The number of methoxy groups -OCH3 is 1. The van der Waals surface area contributed by atoms with E-state index in [-0.39, 0.29) is 5.84 Å². The number of amidine groups is 1. The molecule has 1 aromatic carbocycles. The van der Waals surface area contributed by atoms with Crippen molar-refractivity contribution in [3.63, 3.8) is 0 Å². The molecule has 106 valence electrons. The average Bonchev–Trinajstić information content (AvgIpc) is 2.39. The van der Waals surface area contributed by atoms with Gasteiger partial charge in [0.2, 0.25) is 0 Å². The number of nitrogen functional groups attached to an aromatic ring is 1. The normalized spacial score (nSPS) is 10.4. The number of nitrogens with one attached hydrogen (secondary N) is 1. The van der Waals surface area contributed by atoms with E-state index in [0.29, 0.717) is 37.7 Å². The molecule has 0 radical (unpaired) electrons. The molecule has 0 saturated heterocycles. The Morgan fingerprint density at radius 2 is 2.00 bits per heavy atom. The van der Waals surface area contributed by atoms with Crippen molar-refractivity contribution in [3.8, 4) is 5.75 Å². The topological polar surface area (TPSA) is 77.6 Å². The number of ether oxygens (including phenoxy) is 3. The molecule has 0 aromatic heterocycles. The van der Waals surface area contributed by atoms with Gasteiger partial charge in [0.15, 0.2) is 0 Å². The molecule has 1 rings (SSSR count). The van der Waals surface area contributed by atoms with Crippen molar-refractivity contribution in [1.29, 1.82) is 5.41 Å². The largest absolute Gasteiger partial charge is 0.490 e. The predicted octanol–water partition coefficient (Wildman–Crippen LogP) is 1.71. The smallest absolute Gasteiger partial charge is 0.130 e. The zero-order chi connectivity index (χ0) is 14.1. The number of nitrogens with two attached hydrogens (primary N) is 1. The van der Waals surface area contributed by atoms with E-state index >= 15 is 0 Å². The Labute approximate surface area is 114 Å². The van der Waals surface area contributed by atoms with Crippen LogP contribution in [0.1, 0.15) is 17.5 Å². The number of aryl methyl sites for hydroxylation is 1. The third-order valence-electron chi connectivity index (χ3n) is 2.55. The quantitative estimate of drug-likeness (QED) is 0.405. The van der Waals surface area contributed by atoms with Gasteiger partial charge in [-0.1, -0.05) is 11.6 Å². The second kappa shape index (κ2) is 8.50. The summed E-state index contributed by atoms with van der Waals surface area (Å²) in [6.07, 6.45) is 0.875. The highest BCUT2D eigenvalue weighted by Crippen LogP contribution is 2.19. The molecule has 1 aromatic rings. The van der Waals surface area contributed by atoms with Crippen LogP contribution in [0.15, 0.2) is 18.2 Å². The first-order valence-electron chi connectivity index (χ1n) is 6.29. The summed E-state index contributed by atoms with van der Waals surface area (Å²) >= 11 is 0. The van der Waals surface area contributed by atoms with Crippen molar-refractivity contribution in [2.24, 2.45) is 5.73 Å². The SMILES string of the molecule is COCCCOCCOc1ccc(C)cc1C(=N)N. The number of benzene rings is 1. The van der Waals surface area contributed by atoms with E-state index in [9.17, 15) is 0 Å². The van der Waals surface area contributed by atoms with E-state index in [1.54, 1.807) is 7.11 Å². The van der Waals surface area contributed by atoms with Crippen molar-refractivity contribution in [1.82, 2.24) is 0 Å². The first-order chi connectivity index (χ1) is 9.15. The fourth-order valence-corrected chi connectivity index (χ4v) is 1.60. The Morgan fingerprint density at radius 1 is 1.21 bits per heavy atom. The highest BCUT2D eigenvalue weighted by Gasteiger charge is 2.06. The Balaban J connectivity index is 2.35. The van der Waals surface area contributed by atoms with Crippen molar-refractivity contribution in [3.05, 3.63) is 29.3 Å². The summed E-state index contributed by atoms with van der Waals surface area (Å²) in [6.45, 7) is 4.26. The summed E-state index contributed by atoms with van der Waals surface area (Å²) in [5.41, 5.74) is 7.20. The maximum atomic E-state index is 7.52. The Bertz CT molecular complexity index is 408. The summed E-state index contributed by atoms with van der Waals surface area (Å²) in [6, 6.07) is 5.61. The minimum Gasteiger partial charge on any atom is -0.490 e. The number of hydrogen-bond donors (Lipinski definition) is 2. The Morgan fingerprint density at radius 3 is 2.68 bits per heavy atom. The molecule has 19 heavy (non-hydrogen) atoms. The molecule has 0 spiro atoms. The van der Waals surface area contributed by atoms with Crippen LogP contribution in [0.3, 0.4) is 0 Å². The first kappa shape index (κ1) is 15.5. The molecule has 0 atom stereocenters. The molecule has 0 saturated carbocycles. The second-order valence-electron chi connectivity index (χ2n) is 4.22. The summed E-state index contributed by atoms with van der Waals surface area (Å²) in [5.74, 6) is 0.637. The standard InChI is InChI=1S/C14H22N2O3/c1-11-4-5-13(12(10-11)14(15)16)19-9-8-18-7-3-6-17-2/h4-5,10H,3,6-9H2,1-2H3,(H3,15,16). The van der Waals surface area contributed by atoms with Crippen LogP contribution < -0.4 is 10.5 Å². The molecule has 0 unspecified atom stereocenters. The van der Waals surface area contributed by atoms with Crippen LogP contribution in [0, 0.1) is 12.3 Å². The minimum atomic E-state index is 0.0136. The van der Waals surface area contributed by atoms with Gasteiger partial charge in [0, 0.05) is 20.3 Å². The molecular weight excluding hydrogens is 244 g/mol. The van der Waals surface area contributed by atoms with Gasteiger partial charge in [-0.2, -0.15) is 0 Å². The maximum Gasteiger partial charge on any atom is 0.130 e. The highest BCUT2D eigenvalue weighted by atomic mass is 16.5. The second-order valence-corrected chi connectivity index (χ2v) is 4.22. The third kappa shape index (κ3) is 5.72. The summed E-state index contributed by atoms with van der Waals surface area (Å²) in [5, 5.41) is 7.52. The maximum absolute atomic E-state index is 7.52. The van der Waals surface area contributed by atoms with Crippen LogP contribution in [0.5, 0.6) is 5.75 Å². The lowest BCUT2D eigenvalue weighted by molar-refractivity contribution is 0.0806. The van der Waals surface area contributed by atoms with Gasteiger partial charge in [-0.05, 0) is 25.5 Å². The van der Waals surface area contributed by atoms with Gasteiger partial charge in [-0.15, -0.1) is 0 Å². The van der Waals surface area contributed by atoms with Crippen LogP contribution in [-0.2, 0) is 9.47 Å². The van der Waals surface area contributed by atoms with Gasteiger partial charge in [-0.3, -0.25) is 5.41 Å². The molecule has 0 aliphatic heterocycles. The third-order valence-corrected chi connectivity index (χ3v) is 2.55. The average molecular weight is 266 g/mol. The molecule has 0 bridgehead atoms. The van der Waals surface area contributed by atoms with Crippen LogP contribution in [0.2, 0.25) is 0 Å². The van der Waals surface area contributed by atoms with Gasteiger partial charge in [-0.25, -0.2) is 0 Å². The minimum absolute atomic E-state index is 0.0136. The van der Waals surface area contributed by atoms with E-state index < -0.39 is 0 Å². The van der Waals surface area contributed by atoms with Crippen LogP contribution >= 0.6 is 0 Å². The molecule has 3 N–H and O–H groups in total. The summed E-state index contributed by atoms with van der Waals surface area (Å²) < 4.78 is 15.9. The molecule has 5 nitrogen and oxygen atoms in total. The highest BCUT2D eigenvalue weighted by molar-refractivity contribution is 5.97. The lowest BCUT2D eigenvalue weighted by Crippen LogP contribution is -2.15. The predicted molar refractivity (Wildman–Crippen MR) is 75.0 cm³/mol. The van der Waals surface area contributed by atoms with Crippen molar-refractivity contribution in [2.75, 3.05) is 33.5 Å². The fraction of sp³-hybridized carbons (Fsp3) is 0.500. The lowest BCUT2D eigenvalue weighted by atomic mass is 10.1. The zero-order valence-corrected chi connectivity index (χ0v) is 11.6. The van der Waals surface area contributed by atoms with Gasteiger partial charge < -0.3 is 19.9 Å². The van der Waals surface area contributed by atoms with Gasteiger partial charge in [0.1, 0.15) is 18.2 Å². The monoisotopic (exact) mass is 266 g/mol. The van der Waals surface area contributed by atoms with E-state index in [4.69, 9.17) is 25.4 Å². The van der Waals surface area contributed by atoms with E-state index in [0.717, 1.165) is 12.0 Å². The molecule has 0 amide bonds. The molecular formula is C14H22N2O3. The van der Waals surface area contributed by atoms with Gasteiger partial charge >= 0.3 is 0 Å². The summed E-state index contributed by atoms with van der Waals surface area (Å²) in [7, 11) is 1.67. The Kier molecular flexibility index (Phi) is 6.92. The molecule has 0 aliphatic carbocycles. The fourth-order valence-electron chi connectivity index (χ4n) is 1.60. The van der Waals surface area contributed by atoms with E-state index in [1.807, 2.05) is 25.1 Å². The molecule has 5 heteroatoms. The van der Waals surface area contributed by atoms with E-state index in [2.05, 4.69) is 0 Å². The van der Waals surface area contributed by atoms with Gasteiger partial charge in [0.25, 0.3) is 0 Å². The van der Waals surface area contributed by atoms with Gasteiger partial charge in [0.05, 0.1) is 12.2 Å². The molecule has 0 heterocycles. The van der Waals surface area contributed by atoms with Crippen LogP contribution in [0.25, 0.3) is 0 Å². The lowest BCUT2D eigenvalue weighted by Gasteiger charge is -2.11. The molecule has 0 fully saturated rings. The molecule has 0 aliphatic rings. The Hall–Kier alpha value is -1.59. The van der Waals surface area contributed by atoms with Crippen LogP contribution in [0.4, 0.5) is 0 Å². The van der Waals surface area contributed by atoms with Crippen molar-refractivity contribution >= 4 is 5.84 Å². The number of hydrogen-bond acceptors (Lipinski definition) is 4. The number of rotatable bonds is 9. The summed E-state index contributed by atoms with van der Waals surface area (Å²) in [4.78, 5) is 0. The van der Waals surface area contributed by atoms with Crippen molar-refractivity contribution in [2.45, 2.75) is 13.3 Å². The van der Waals surface area contributed by atoms with Crippen molar-refractivity contribution < 1.29 is 14.2 Å². The zero-order valence-electron chi connectivity index (χ0n) is 11.6. The van der Waals surface area contributed by atoms with E-state index in [1.165, 1.54) is 0 Å².